The van der Waals surface area contributed by atoms with Crippen molar-refractivity contribution in [3.05, 3.63) is 59.3 Å². The summed E-state index contributed by atoms with van der Waals surface area (Å²) in [6.45, 7) is 4.83. The van der Waals surface area contributed by atoms with Crippen LogP contribution in [0.3, 0.4) is 0 Å². The fourth-order valence-electron chi connectivity index (χ4n) is 2.94. The standard InChI is InChI=1S/C19H19N5/c20-12-16-2-4-17(5-3-16)15-23-8-1-9-24(11-10-23)19-7-6-18(13-21)14-22-19/h2-7,14H,1,8-11,15H2. The molecule has 1 fully saturated rings. The Morgan fingerprint density at radius 2 is 1.62 bits per heavy atom. The van der Waals surface area contributed by atoms with Gasteiger partial charge in [-0.2, -0.15) is 10.5 Å². The first kappa shape index (κ1) is 16.0. The van der Waals surface area contributed by atoms with Gasteiger partial charge in [0.05, 0.1) is 17.2 Å². The number of hydrogen-bond acceptors (Lipinski definition) is 5. The van der Waals surface area contributed by atoms with E-state index in [9.17, 15) is 0 Å². The zero-order valence-electron chi connectivity index (χ0n) is 13.5. The Morgan fingerprint density at radius 1 is 0.875 bits per heavy atom. The van der Waals surface area contributed by atoms with Gasteiger partial charge < -0.3 is 4.90 Å². The fraction of sp³-hybridized carbons (Fsp3) is 0.316. The summed E-state index contributed by atoms with van der Waals surface area (Å²) in [6, 6.07) is 15.8. The van der Waals surface area contributed by atoms with Gasteiger partial charge in [-0.05, 0) is 36.2 Å². The summed E-state index contributed by atoms with van der Waals surface area (Å²) in [5.74, 6) is 0.939. The summed E-state index contributed by atoms with van der Waals surface area (Å²) in [4.78, 5) is 9.11. The molecule has 2 aromatic rings. The molecule has 5 nitrogen and oxygen atoms in total. The number of anilines is 1. The van der Waals surface area contributed by atoms with Crippen molar-refractivity contribution in [1.82, 2.24) is 9.88 Å². The lowest BCUT2D eigenvalue weighted by Crippen LogP contribution is -2.30. The Labute approximate surface area is 142 Å². The molecule has 0 bridgehead atoms. The number of pyridine rings is 1. The molecule has 0 aliphatic carbocycles. The fourth-order valence-corrected chi connectivity index (χ4v) is 2.94. The summed E-state index contributed by atoms with van der Waals surface area (Å²) in [6.07, 6.45) is 2.71. The van der Waals surface area contributed by atoms with Crippen molar-refractivity contribution >= 4 is 5.82 Å². The number of aromatic nitrogens is 1. The first-order valence-corrected chi connectivity index (χ1v) is 8.11. The summed E-state index contributed by atoms with van der Waals surface area (Å²) in [7, 11) is 0. The molecule has 0 saturated carbocycles. The molecule has 3 rings (SSSR count). The lowest BCUT2D eigenvalue weighted by Gasteiger charge is -2.22. The Balaban J connectivity index is 1.60. The van der Waals surface area contributed by atoms with Crippen molar-refractivity contribution in [2.45, 2.75) is 13.0 Å². The highest BCUT2D eigenvalue weighted by molar-refractivity contribution is 5.42. The van der Waals surface area contributed by atoms with Gasteiger partial charge in [0, 0.05) is 38.9 Å². The van der Waals surface area contributed by atoms with Gasteiger partial charge in [0.15, 0.2) is 0 Å². The highest BCUT2D eigenvalue weighted by Gasteiger charge is 2.16. The SMILES string of the molecule is N#Cc1ccc(CN2CCCN(c3ccc(C#N)cn3)CC2)cc1. The third-order valence-electron chi connectivity index (χ3n) is 4.28. The Morgan fingerprint density at radius 3 is 2.29 bits per heavy atom. The number of benzene rings is 1. The normalized spacial score (nSPS) is 15.3. The van der Waals surface area contributed by atoms with E-state index in [1.54, 1.807) is 6.20 Å². The van der Waals surface area contributed by atoms with Crippen LogP contribution in [0.2, 0.25) is 0 Å². The molecule has 0 atom stereocenters. The first-order chi connectivity index (χ1) is 11.8. The molecule has 2 heterocycles. The van der Waals surface area contributed by atoms with Crippen molar-refractivity contribution < 1.29 is 0 Å². The van der Waals surface area contributed by atoms with Crippen LogP contribution in [0.15, 0.2) is 42.6 Å². The van der Waals surface area contributed by atoms with Crippen molar-refractivity contribution in [2.75, 3.05) is 31.1 Å². The Bertz CT molecular complexity index is 752. The van der Waals surface area contributed by atoms with Crippen LogP contribution < -0.4 is 4.90 Å². The Hall–Kier alpha value is -2.89. The second-order valence-corrected chi connectivity index (χ2v) is 5.94. The van der Waals surface area contributed by atoms with Gasteiger partial charge in [0.1, 0.15) is 11.9 Å². The summed E-state index contributed by atoms with van der Waals surface area (Å²) in [5.41, 5.74) is 2.53. The van der Waals surface area contributed by atoms with Crippen LogP contribution in [0.5, 0.6) is 0 Å². The molecule has 0 unspecified atom stereocenters. The maximum Gasteiger partial charge on any atom is 0.128 e. The van der Waals surface area contributed by atoms with Gasteiger partial charge >= 0.3 is 0 Å². The lowest BCUT2D eigenvalue weighted by molar-refractivity contribution is 0.285. The molecular formula is C19H19N5. The molecule has 24 heavy (non-hydrogen) atoms. The van der Waals surface area contributed by atoms with Crippen LogP contribution in [0, 0.1) is 22.7 Å². The molecule has 1 aliphatic heterocycles. The minimum Gasteiger partial charge on any atom is -0.355 e. The van der Waals surface area contributed by atoms with Crippen molar-refractivity contribution in [2.24, 2.45) is 0 Å². The monoisotopic (exact) mass is 317 g/mol. The topological polar surface area (TPSA) is 67.0 Å². The maximum absolute atomic E-state index is 8.87. The number of nitriles is 2. The molecule has 5 heteroatoms. The van der Waals surface area contributed by atoms with E-state index < -0.39 is 0 Å². The second kappa shape index (κ2) is 7.59. The van der Waals surface area contributed by atoms with Gasteiger partial charge in [-0.25, -0.2) is 4.98 Å². The third-order valence-corrected chi connectivity index (χ3v) is 4.28. The van der Waals surface area contributed by atoms with Gasteiger partial charge in [0.2, 0.25) is 0 Å². The van der Waals surface area contributed by atoms with Crippen molar-refractivity contribution in [3.8, 4) is 12.1 Å². The second-order valence-electron chi connectivity index (χ2n) is 5.94. The zero-order chi connectivity index (χ0) is 16.8. The molecule has 0 radical (unpaired) electrons. The first-order valence-electron chi connectivity index (χ1n) is 8.11. The van der Waals surface area contributed by atoms with Crippen LogP contribution in [0.1, 0.15) is 23.1 Å². The van der Waals surface area contributed by atoms with Crippen LogP contribution >= 0.6 is 0 Å². The number of rotatable bonds is 3. The molecule has 0 amide bonds. The highest BCUT2D eigenvalue weighted by atomic mass is 15.2. The predicted molar refractivity (Wildman–Crippen MR) is 92.2 cm³/mol. The molecule has 0 spiro atoms. The van der Waals surface area contributed by atoms with Crippen LogP contribution in [0.25, 0.3) is 0 Å². The lowest BCUT2D eigenvalue weighted by atomic mass is 10.1. The molecule has 1 aromatic carbocycles. The summed E-state index contributed by atoms with van der Waals surface area (Å²) in [5, 5.41) is 17.7. The van der Waals surface area contributed by atoms with E-state index >= 15 is 0 Å². The average molecular weight is 317 g/mol. The van der Waals surface area contributed by atoms with Crippen LogP contribution in [-0.2, 0) is 6.54 Å². The van der Waals surface area contributed by atoms with Crippen molar-refractivity contribution in [3.63, 3.8) is 0 Å². The summed E-state index contributed by atoms with van der Waals surface area (Å²) < 4.78 is 0. The van der Waals surface area contributed by atoms with E-state index in [1.807, 2.05) is 36.4 Å². The smallest absolute Gasteiger partial charge is 0.128 e. The minimum atomic E-state index is 0.594. The van der Waals surface area contributed by atoms with Crippen LogP contribution in [0.4, 0.5) is 5.82 Å². The molecule has 0 N–H and O–H groups in total. The largest absolute Gasteiger partial charge is 0.355 e. The van der Waals surface area contributed by atoms with E-state index in [4.69, 9.17) is 10.5 Å². The molecule has 1 saturated heterocycles. The van der Waals surface area contributed by atoms with E-state index in [1.165, 1.54) is 5.56 Å². The highest BCUT2D eigenvalue weighted by Crippen LogP contribution is 2.15. The Kier molecular flexibility index (Phi) is 5.05. The van der Waals surface area contributed by atoms with Gasteiger partial charge in [-0.15, -0.1) is 0 Å². The molecule has 1 aliphatic rings. The minimum absolute atomic E-state index is 0.594. The van der Waals surface area contributed by atoms with E-state index in [0.29, 0.717) is 11.1 Å². The zero-order valence-corrected chi connectivity index (χ0v) is 13.5. The molecule has 120 valence electrons. The van der Waals surface area contributed by atoms with Gasteiger partial charge in [-0.1, -0.05) is 12.1 Å². The third kappa shape index (κ3) is 3.90. The predicted octanol–water partition coefficient (Wildman–Crippen LogP) is 2.54. The van der Waals surface area contributed by atoms with Crippen LogP contribution in [-0.4, -0.2) is 36.1 Å². The molecule has 1 aromatic heterocycles. The number of hydrogen-bond donors (Lipinski definition) is 0. The van der Waals surface area contributed by atoms with E-state index in [0.717, 1.165) is 45.0 Å². The summed E-state index contributed by atoms with van der Waals surface area (Å²) >= 11 is 0. The molecular weight excluding hydrogens is 298 g/mol. The van der Waals surface area contributed by atoms with Crippen molar-refractivity contribution in [1.29, 1.82) is 10.5 Å². The quantitative estimate of drug-likeness (QED) is 0.870. The average Bonchev–Trinajstić information content (AvgIpc) is 2.88. The van der Waals surface area contributed by atoms with E-state index in [2.05, 4.69) is 26.9 Å². The maximum atomic E-state index is 8.87. The van der Waals surface area contributed by atoms with E-state index in [-0.39, 0.29) is 0 Å². The van der Waals surface area contributed by atoms with Gasteiger partial charge in [0.25, 0.3) is 0 Å². The number of nitrogens with zero attached hydrogens (tertiary/aromatic N) is 5. The van der Waals surface area contributed by atoms with Gasteiger partial charge in [-0.3, -0.25) is 4.90 Å².